The second-order valence-corrected chi connectivity index (χ2v) is 6.79. The number of carbonyl (C=O) groups excluding carboxylic acids is 1. The number of benzene rings is 1. The Morgan fingerprint density at radius 3 is 2.55 bits per heavy atom. The van der Waals surface area contributed by atoms with Crippen LogP contribution in [0.15, 0.2) is 23.1 Å². The van der Waals surface area contributed by atoms with Gasteiger partial charge >= 0.3 is 6.03 Å². The van der Waals surface area contributed by atoms with E-state index < -0.39 is 9.84 Å². The van der Waals surface area contributed by atoms with Crippen LogP contribution in [0.3, 0.4) is 0 Å². The van der Waals surface area contributed by atoms with Crippen molar-refractivity contribution in [1.82, 2.24) is 4.90 Å². The number of nitrogens with zero attached hydrogens (tertiary/aromatic N) is 1. The number of anilines is 1. The first-order valence-electron chi connectivity index (χ1n) is 6.32. The molecule has 1 aromatic rings. The Hall–Kier alpha value is -1.60. The number of hydrogen-bond acceptors (Lipinski definition) is 4. The molecule has 0 bridgehead atoms. The fourth-order valence-corrected chi connectivity index (χ4v) is 2.57. The van der Waals surface area contributed by atoms with E-state index >= 15 is 0 Å². The lowest BCUT2D eigenvalue weighted by molar-refractivity contribution is 0.0564. The van der Waals surface area contributed by atoms with Crippen LogP contribution in [0.25, 0.3) is 0 Å². The normalized spacial score (nSPS) is 16.0. The van der Waals surface area contributed by atoms with Gasteiger partial charge in [-0.05, 0) is 24.6 Å². The molecule has 110 valence electrons. The second-order valence-electron chi connectivity index (χ2n) is 4.78. The molecule has 0 aromatic heterocycles. The van der Waals surface area contributed by atoms with Crippen LogP contribution < -0.4 is 5.32 Å². The minimum atomic E-state index is -3.29. The molecule has 0 spiro atoms. The Morgan fingerprint density at radius 2 is 1.95 bits per heavy atom. The van der Waals surface area contributed by atoms with Crippen molar-refractivity contribution >= 4 is 21.6 Å². The number of ether oxygens (including phenoxy) is 1. The van der Waals surface area contributed by atoms with Gasteiger partial charge in [-0.1, -0.05) is 6.07 Å². The van der Waals surface area contributed by atoms with Crippen molar-refractivity contribution in [3.63, 3.8) is 0 Å². The van der Waals surface area contributed by atoms with E-state index in [-0.39, 0.29) is 10.9 Å². The first-order chi connectivity index (χ1) is 9.38. The van der Waals surface area contributed by atoms with Crippen LogP contribution in [0.5, 0.6) is 0 Å². The van der Waals surface area contributed by atoms with E-state index in [1.165, 1.54) is 12.1 Å². The van der Waals surface area contributed by atoms with E-state index in [1.54, 1.807) is 11.0 Å². The highest BCUT2D eigenvalue weighted by atomic mass is 32.2. The van der Waals surface area contributed by atoms with Gasteiger partial charge in [-0.25, -0.2) is 13.2 Å². The summed E-state index contributed by atoms with van der Waals surface area (Å²) in [5, 5.41) is 2.76. The second kappa shape index (κ2) is 5.80. The molecular weight excluding hydrogens is 280 g/mol. The summed E-state index contributed by atoms with van der Waals surface area (Å²) in [6, 6.07) is 4.48. The summed E-state index contributed by atoms with van der Waals surface area (Å²) in [6.45, 7) is 3.94. The number of nitrogens with one attached hydrogen (secondary N) is 1. The molecule has 0 saturated carbocycles. The van der Waals surface area contributed by atoms with Gasteiger partial charge in [0.25, 0.3) is 0 Å². The largest absolute Gasteiger partial charge is 0.378 e. The fraction of sp³-hybridized carbons (Fsp3) is 0.462. The zero-order chi connectivity index (χ0) is 14.8. The molecule has 1 aliphatic heterocycles. The maximum absolute atomic E-state index is 12.1. The van der Waals surface area contributed by atoms with Crippen molar-refractivity contribution in [3.8, 4) is 0 Å². The topological polar surface area (TPSA) is 75.7 Å². The van der Waals surface area contributed by atoms with E-state index in [1.807, 2.05) is 6.92 Å². The van der Waals surface area contributed by atoms with Crippen molar-refractivity contribution < 1.29 is 17.9 Å². The number of aryl methyl sites for hydroxylation is 1. The van der Waals surface area contributed by atoms with Gasteiger partial charge in [-0.3, -0.25) is 0 Å². The third kappa shape index (κ3) is 3.49. The highest BCUT2D eigenvalue weighted by Crippen LogP contribution is 2.20. The number of morpholine rings is 1. The van der Waals surface area contributed by atoms with Crippen LogP contribution in [0.2, 0.25) is 0 Å². The fourth-order valence-electron chi connectivity index (χ4n) is 1.93. The molecule has 2 rings (SSSR count). The number of carbonyl (C=O) groups is 1. The molecule has 0 unspecified atom stereocenters. The summed E-state index contributed by atoms with van der Waals surface area (Å²) in [5.74, 6) is 0. The molecule has 20 heavy (non-hydrogen) atoms. The highest BCUT2D eigenvalue weighted by Gasteiger charge is 2.18. The van der Waals surface area contributed by atoms with Gasteiger partial charge in [0.1, 0.15) is 0 Å². The van der Waals surface area contributed by atoms with Gasteiger partial charge < -0.3 is 15.0 Å². The molecule has 0 atom stereocenters. The molecular formula is C13H18N2O4S. The van der Waals surface area contributed by atoms with Gasteiger partial charge in [0.05, 0.1) is 18.1 Å². The number of hydrogen-bond donors (Lipinski definition) is 1. The third-order valence-corrected chi connectivity index (χ3v) is 4.29. The molecule has 7 heteroatoms. The van der Waals surface area contributed by atoms with Gasteiger partial charge in [0.15, 0.2) is 9.84 Å². The molecule has 1 heterocycles. The lowest BCUT2D eigenvalue weighted by atomic mass is 10.2. The van der Waals surface area contributed by atoms with Crippen molar-refractivity contribution in [3.05, 3.63) is 23.8 Å². The molecule has 1 aromatic carbocycles. The van der Waals surface area contributed by atoms with Crippen LogP contribution in [0.4, 0.5) is 10.5 Å². The molecule has 2 amide bonds. The first-order valence-corrected chi connectivity index (χ1v) is 8.21. The molecule has 1 saturated heterocycles. The van der Waals surface area contributed by atoms with E-state index in [2.05, 4.69) is 5.32 Å². The SMILES string of the molecule is Cc1ccc(S(C)(=O)=O)cc1NC(=O)N1CCOCC1. The van der Waals surface area contributed by atoms with E-state index in [9.17, 15) is 13.2 Å². The number of urea groups is 1. The highest BCUT2D eigenvalue weighted by molar-refractivity contribution is 7.90. The Kier molecular flexibility index (Phi) is 4.29. The van der Waals surface area contributed by atoms with Gasteiger partial charge in [0.2, 0.25) is 0 Å². The van der Waals surface area contributed by atoms with Crippen molar-refractivity contribution in [2.75, 3.05) is 37.9 Å². The third-order valence-electron chi connectivity index (χ3n) is 3.18. The van der Waals surface area contributed by atoms with Crippen LogP contribution in [0.1, 0.15) is 5.56 Å². The molecule has 1 fully saturated rings. The number of rotatable bonds is 2. The first kappa shape index (κ1) is 14.8. The average Bonchev–Trinajstić information content (AvgIpc) is 2.41. The predicted octanol–water partition coefficient (Wildman–Crippen LogP) is 1.26. The Balaban J connectivity index is 2.18. The monoisotopic (exact) mass is 298 g/mol. The summed E-state index contributed by atoms with van der Waals surface area (Å²) < 4.78 is 28.3. The quantitative estimate of drug-likeness (QED) is 0.892. The zero-order valence-electron chi connectivity index (χ0n) is 11.5. The molecule has 0 aliphatic carbocycles. The average molecular weight is 298 g/mol. The Labute approximate surface area is 118 Å². The number of amides is 2. The summed E-state index contributed by atoms with van der Waals surface area (Å²) in [7, 11) is -3.29. The summed E-state index contributed by atoms with van der Waals surface area (Å²) >= 11 is 0. The van der Waals surface area contributed by atoms with Gasteiger partial charge in [-0.15, -0.1) is 0 Å². The zero-order valence-corrected chi connectivity index (χ0v) is 12.4. The molecule has 6 nitrogen and oxygen atoms in total. The minimum absolute atomic E-state index is 0.195. The van der Waals surface area contributed by atoms with E-state index in [0.29, 0.717) is 32.0 Å². The standard InChI is InChI=1S/C13H18N2O4S/c1-10-3-4-11(20(2,17)18)9-12(10)14-13(16)15-5-7-19-8-6-15/h3-4,9H,5-8H2,1-2H3,(H,14,16). The Bertz CT molecular complexity index is 607. The summed E-state index contributed by atoms with van der Waals surface area (Å²) in [5.41, 5.74) is 1.34. The summed E-state index contributed by atoms with van der Waals surface area (Å²) in [4.78, 5) is 13.9. The van der Waals surface area contributed by atoms with Crippen molar-refractivity contribution in [1.29, 1.82) is 0 Å². The Morgan fingerprint density at radius 1 is 1.30 bits per heavy atom. The number of sulfone groups is 1. The van der Waals surface area contributed by atoms with Crippen molar-refractivity contribution in [2.24, 2.45) is 0 Å². The van der Waals surface area contributed by atoms with E-state index in [4.69, 9.17) is 4.74 Å². The lowest BCUT2D eigenvalue weighted by Gasteiger charge is -2.27. The van der Waals surface area contributed by atoms with E-state index in [0.717, 1.165) is 11.8 Å². The van der Waals surface area contributed by atoms with Crippen LogP contribution in [0, 0.1) is 6.92 Å². The van der Waals surface area contributed by atoms with Crippen LogP contribution >= 0.6 is 0 Å². The van der Waals surface area contributed by atoms with Crippen LogP contribution in [-0.2, 0) is 14.6 Å². The maximum Gasteiger partial charge on any atom is 0.322 e. The van der Waals surface area contributed by atoms with Gasteiger partial charge in [-0.2, -0.15) is 0 Å². The van der Waals surface area contributed by atoms with Gasteiger partial charge in [0, 0.05) is 25.0 Å². The minimum Gasteiger partial charge on any atom is -0.378 e. The lowest BCUT2D eigenvalue weighted by Crippen LogP contribution is -2.43. The molecule has 0 radical (unpaired) electrons. The molecule has 1 aliphatic rings. The maximum atomic E-state index is 12.1. The van der Waals surface area contributed by atoms with Crippen molar-refractivity contribution in [2.45, 2.75) is 11.8 Å². The summed E-state index contributed by atoms with van der Waals surface area (Å²) in [6.07, 6.45) is 1.14. The van der Waals surface area contributed by atoms with Crippen LogP contribution in [-0.4, -0.2) is 51.9 Å². The molecule has 1 N–H and O–H groups in total. The predicted molar refractivity (Wildman–Crippen MR) is 75.7 cm³/mol. The smallest absolute Gasteiger partial charge is 0.322 e.